The number of halogens is 3. The molecular weight excluding hydrogens is 361 g/mol. The van der Waals surface area contributed by atoms with Crippen molar-refractivity contribution in [2.75, 3.05) is 25.1 Å². The van der Waals surface area contributed by atoms with Gasteiger partial charge in [0.25, 0.3) is 5.91 Å². The Labute approximate surface area is 154 Å². The summed E-state index contributed by atoms with van der Waals surface area (Å²) >= 11 is 0. The van der Waals surface area contributed by atoms with E-state index in [0.29, 0.717) is 18.4 Å². The van der Waals surface area contributed by atoms with Crippen LogP contribution in [0.1, 0.15) is 28.8 Å². The fraction of sp³-hybridized carbons (Fsp3) is 0.368. The summed E-state index contributed by atoms with van der Waals surface area (Å²) in [6.07, 6.45) is -1.13. The van der Waals surface area contributed by atoms with Crippen LogP contribution in [0.4, 0.5) is 18.9 Å². The Bertz CT molecular complexity index is 755. The highest BCUT2D eigenvalue weighted by molar-refractivity contribution is 6.04. The Morgan fingerprint density at radius 3 is 2.44 bits per heavy atom. The van der Waals surface area contributed by atoms with Gasteiger partial charge in [0.2, 0.25) is 5.88 Å². The van der Waals surface area contributed by atoms with Crippen LogP contribution in [0.5, 0.6) is 5.88 Å². The van der Waals surface area contributed by atoms with E-state index in [4.69, 9.17) is 9.47 Å². The zero-order chi connectivity index (χ0) is 19.3. The average Bonchev–Trinajstić information content (AvgIpc) is 2.67. The van der Waals surface area contributed by atoms with E-state index in [1.54, 1.807) is 12.1 Å². The first-order chi connectivity index (χ1) is 12.9. The summed E-state index contributed by atoms with van der Waals surface area (Å²) in [6.45, 7) is 2.03. The number of hydrogen-bond donors (Lipinski definition) is 1. The van der Waals surface area contributed by atoms with Gasteiger partial charge in [0.15, 0.2) is 0 Å². The Balaban J connectivity index is 1.54. The zero-order valence-corrected chi connectivity index (χ0v) is 14.5. The van der Waals surface area contributed by atoms with E-state index in [2.05, 4.69) is 10.3 Å². The van der Waals surface area contributed by atoms with E-state index < -0.39 is 17.6 Å². The maximum atomic E-state index is 12.6. The molecule has 0 bridgehead atoms. The molecule has 8 heteroatoms. The van der Waals surface area contributed by atoms with Crippen LogP contribution in [-0.4, -0.2) is 30.7 Å². The number of rotatable bonds is 5. The van der Waals surface area contributed by atoms with Gasteiger partial charge in [-0.05, 0) is 49.1 Å². The summed E-state index contributed by atoms with van der Waals surface area (Å²) in [5.41, 5.74) is -0.214. The Morgan fingerprint density at radius 2 is 1.85 bits per heavy atom. The highest BCUT2D eigenvalue weighted by Gasteiger charge is 2.30. The third kappa shape index (κ3) is 5.43. The Morgan fingerprint density at radius 1 is 1.15 bits per heavy atom. The number of anilines is 1. The van der Waals surface area contributed by atoms with Crippen LogP contribution in [0, 0.1) is 5.92 Å². The minimum atomic E-state index is -4.41. The first kappa shape index (κ1) is 19.2. The molecule has 5 nitrogen and oxygen atoms in total. The molecular formula is C19H19F3N2O3. The second-order valence-corrected chi connectivity index (χ2v) is 6.28. The smallest absolute Gasteiger partial charge is 0.416 e. The molecule has 1 aromatic heterocycles. The second-order valence-electron chi connectivity index (χ2n) is 6.28. The van der Waals surface area contributed by atoms with Crippen molar-refractivity contribution in [1.29, 1.82) is 0 Å². The third-order valence-electron chi connectivity index (χ3n) is 4.28. The first-order valence-electron chi connectivity index (χ1n) is 8.57. The third-order valence-corrected chi connectivity index (χ3v) is 4.28. The van der Waals surface area contributed by atoms with Gasteiger partial charge in [-0.15, -0.1) is 0 Å². The summed E-state index contributed by atoms with van der Waals surface area (Å²) in [7, 11) is 0. The van der Waals surface area contributed by atoms with Crippen molar-refractivity contribution in [1.82, 2.24) is 4.98 Å². The molecule has 0 radical (unpaired) electrons. The quantitative estimate of drug-likeness (QED) is 0.846. The van der Waals surface area contributed by atoms with E-state index in [9.17, 15) is 18.0 Å². The summed E-state index contributed by atoms with van der Waals surface area (Å²) in [5.74, 6) is 0.397. The number of amides is 1. The molecule has 1 aliphatic rings. The van der Waals surface area contributed by atoms with Gasteiger partial charge in [-0.3, -0.25) is 4.79 Å². The van der Waals surface area contributed by atoms with Gasteiger partial charge in [-0.25, -0.2) is 4.98 Å². The number of benzene rings is 1. The lowest BCUT2D eigenvalue weighted by atomic mass is 10.0. The van der Waals surface area contributed by atoms with Crippen LogP contribution in [0.15, 0.2) is 42.6 Å². The van der Waals surface area contributed by atoms with Crippen molar-refractivity contribution in [2.45, 2.75) is 19.0 Å². The molecule has 1 saturated heterocycles. The zero-order valence-electron chi connectivity index (χ0n) is 14.5. The fourth-order valence-electron chi connectivity index (χ4n) is 2.66. The van der Waals surface area contributed by atoms with Gasteiger partial charge in [-0.2, -0.15) is 13.2 Å². The molecule has 1 amide bonds. The van der Waals surface area contributed by atoms with Crippen molar-refractivity contribution in [3.05, 3.63) is 53.7 Å². The molecule has 1 aliphatic heterocycles. The standard InChI is InChI=1S/C19H19F3N2O3/c20-19(21,22)15-2-4-16(5-3-15)24-18(25)14-1-6-17(23-11-14)27-12-13-7-9-26-10-8-13/h1-6,11,13H,7-10,12H2,(H,24,25). The molecule has 1 aromatic carbocycles. The lowest BCUT2D eigenvalue weighted by Crippen LogP contribution is -2.21. The number of nitrogens with one attached hydrogen (secondary N) is 1. The maximum absolute atomic E-state index is 12.6. The molecule has 1 fully saturated rings. The Kier molecular flexibility index (Phi) is 5.95. The van der Waals surface area contributed by atoms with Gasteiger partial charge in [0.05, 0.1) is 17.7 Å². The van der Waals surface area contributed by atoms with Crippen LogP contribution >= 0.6 is 0 Å². The first-order valence-corrected chi connectivity index (χ1v) is 8.57. The molecule has 2 aromatic rings. The van der Waals surface area contributed by atoms with E-state index in [1.165, 1.54) is 18.3 Å². The Hall–Kier alpha value is -2.61. The van der Waals surface area contributed by atoms with E-state index in [0.717, 1.165) is 38.2 Å². The van der Waals surface area contributed by atoms with Crippen molar-refractivity contribution < 1.29 is 27.4 Å². The molecule has 0 unspecified atom stereocenters. The second kappa shape index (κ2) is 8.39. The normalized spacial score (nSPS) is 15.4. The lowest BCUT2D eigenvalue weighted by Gasteiger charge is -2.21. The SMILES string of the molecule is O=C(Nc1ccc(C(F)(F)F)cc1)c1ccc(OCC2CCOCC2)nc1. The minimum absolute atomic E-state index is 0.271. The van der Waals surface area contributed by atoms with Gasteiger partial charge in [0, 0.05) is 31.2 Å². The van der Waals surface area contributed by atoms with E-state index in [-0.39, 0.29) is 11.3 Å². The topological polar surface area (TPSA) is 60.5 Å². The molecule has 0 aliphatic carbocycles. The highest BCUT2D eigenvalue weighted by Crippen LogP contribution is 2.29. The average molecular weight is 380 g/mol. The molecule has 0 saturated carbocycles. The van der Waals surface area contributed by atoms with Crippen LogP contribution in [-0.2, 0) is 10.9 Å². The van der Waals surface area contributed by atoms with Crippen molar-refractivity contribution >= 4 is 11.6 Å². The number of carbonyl (C=O) groups excluding carboxylic acids is 1. The monoisotopic (exact) mass is 380 g/mol. The number of hydrogen-bond acceptors (Lipinski definition) is 4. The molecule has 27 heavy (non-hydrogen) atoms. The van der Waals surface area contributed by atoms with Crippen LogP contribution in [0.25, 0.3) is 0 Å². The highest BCUT2D eigenvalue weighted by atomic mass is 19.4. The predicted molar refractivity (Wildman–Crippen MR) is 92.7 cm³/mol. The summed E-state index contributed by atoms with van der Waals surface area (Å²) in [4.78, 5) is 16.3. The summed E-state index contributed by atoms with van der Waals surface area (Å²) < 4.78 is 48.6. The maximum Gasteiger partial charge on any atom is 0.416 e. The number of alkyl halides is 3. The number of carbonyl (C=O) groups is 1. The largest absolute Gasteiger partial charge is 0.477 e. The fourth-order valence-corrected chi connectivity index (χ4v) is 2.66. The number of aromatic nitrogens is 1. The minimum Gasteiger partial charge on any atom is -0.477 e. The van der Waals surface area contributed by atoms with Gasteiger partial charge in [0.1, 0.15) is 0 Å². The molecule has 2 heterocycles. The molecule has 0 spiro atoms. The van der Waals surface area contributed by atoms with E-state index in [1.807, 2.05) is 0 Å². The van der Waals surface area contributed by atoms with Crippen LogP contribution < -0.4 is 10.1 Å². The molecule has 3 rings (SSSR count). The summed E-state index contributed by atoms with van der Waals surface area (Å²) in [5, 5.41) is 2.54. The van der Waals surface area contributed by atoms with E-state index >= 15 is 0 Å². The van der Waals surface area contributed by atoms with Crippen molar-refractivity contribution in [2.24, 2.45) is 5.92 Å². The number of nitrogens with zero attached hydrogens (tertiary/aromatic N) is 1. The number of pyridine rings is 1. The lowest BCUT2D eigenvalue weighted by molar-refractivity contribution is -0.137. The van der Waals surface area contributed by atoms with Crippen LogP contribution in [0.3, 0.4) is 0 Å². The summed E-state index contributed by atoms with van der Waals surface area (Å²) in [6, 6.07) is 7.41. The van der Waals surface area contributed by atoms with Gasteiger partial charge >= 0.3 is 6.18 Å². The molecule has 0 atom stereocenters. The van der Waals surface area contributed by atoms with Gasteiger partial charge < -0.3 is 14.8 Å². The van der Waals surface area contributed by atoms with Crippen molar-refractivity contribution in [3.63, 3.8) is 0 Å². The van der Waals surface area contributed by atoms with Crippen LogP contribution in [0.2, 0.25) is 0 Å². The predicted octanol–water partition coefficient (Wildman–Crippen LogP) is 4.16. The molecule has 144 valence electrons. The van der Waals surface area contributed by atoms with Gasteiger partial charge in [-0.1, -0.05) is 0 Å². The molecule has 1 N–H and O–H groups in total. The van der Waals surface area contributed by atoms with Crippen molar-refractivity contribution in [3.8, 4) is 5.88 Å². The number of ether oxygens (including phenoxy) is 2.